The average Bonchev–Trinajstić information content (AvgIpc) is 2.72. The van der Waals surface area contributed by atoms with Gasteiger partial charge in [0.25, 0.3) is 0 Å². The quantitative estimate of drug-likeness (QED) is 0.0624. The van der Waals surface area contributed by atoms with Crippen molar-refractivity contribution in [3.8, 4) is 0 Å². The number of nitrogens with zero attached hydrogens (tertiary/aromatic N) is 1. The van der Waals surface area contributed by atoms with E-state index in [1.807, 2.05) is 0 Å². The van der Waals surface area contributed by atoms with Crippen LogP contribution in [0.15, 0.2) is 4.99 Å². The van der Waals surface area contributed by atoms with Crippen LogP contribution in [0.4, 0.5) is 0 Å². The first-order chi connectivity index (χ1) is 14.7. The molecule has 0 aromatic heterocycles. The first-order valence-corrected chi connectivity index (χ1v) is 9.85. The monoisotopic (exact) mass is 446 g/mol. The van der Waals surface area contributed by atoms with Gasteiger partial charge in [-0.25, -0.2) is 4.79 Å². The minimum Gasteiger partial charge on any atom is -0.480 e. The summed E-state index contributed by atoms with van der Waals surface area (Å²) in [6.45, 7) is -0.531. The molecule has 0 heterocycles. The number of nitrogens with one attached hydrogen (secondary N) is 3. The van der Waals surface area contributed by atoms with Gasteiger partial charge in [0.1, 0.15) is 18.1 Å². The summed E-state index contributed by atoms with van der Waals surface area (Å²) in [4.78, 5) is 51.6. The number of guanidine groups is 1. The Morgan fingerprint density at radius 3 is 1.94 bits per heavy atom. The third kappa shape index (κ3) is 12.3. The van der Waals surface area contributed by atoms with Crippen molar-refractivity contribution in [3.05, 3.63) is 0 Å². The second-order valence-electron chi connectivity index (χ2n) is 6.70. The Balaban J connectivity index is 4.99. The van der Waals surface area contributed by atoms with Gasteiger partial charge in [-0.2, -0.15) is 0 Å². The van der Waals surface area contributed by atoms with Gasteiger partial charge in [-0.3, -0.25) is 19.4 Å². The molecule has 0 aromatic carbocycles. The van der Waals surface area contributed by atoms with E-state index in [1.54, 1.807) is 0 Å². The number of hydrogen-bond acceptors (Lipinski definition) is 8. The van der Waals surface area contributed by atoms with E-state index in [1.165, 1.54) is 0 Å². The van der Waals surface area contributed by atoms with Crippen molar-refractivity contribution in [1.29, 1.82) is 0 Å². The predicted octanol–water partition coefficient (Wildman–Crippen LogP) is -4.34. The second kappa shape index (κ2) is 15.8. The van der Waals surface area contributed by atoms with Crippen molar-refractivity contribution in [2.75, 3.05) is 26.2 Å². The van der Waals surface area contributed by atoms with E-state index in [-0.39, 0.29) is 38.3 Å². The van der Waals surface area contributed by atoms with E-state index in [0.29, 0.717) is 19.4 Å². The molecule has 3 unspecified atom stereocenters. The van der Waals surface area contributed by atoms with Gasteiger partial charge >= 0.3 is 5.97 Å². The molecule has 178 valence electrons. The summed E-state index contributed by atoms with van der Waals surface area (Å²) < 4.78 is 0. The van der Waals surface area contributed by atoms with E-state index in [4.69, 9.17) is 22.9 Å². The van der Waals surface area contributed by atoms with Gasteiger partial charge in [-0.15, -0.1) is 0 Å². The number of amides is 3. The summed E-state index contributed by atoms with van der Waals surface area (Å²) in [5.74, 6) is -3.61. The zero-order valence-electron chi connectivity index (χ0n) is 17.4. The number of aliphatic imine (C=N–C) groups is 1. The molecule has 0 aliphatic carbocycles. The minimum absolute atomic E-state index is 0.0260. The molecule has 0 rings (SSSR count). The number of unbranched alkanes of at least 4 members (excludes halogenated alkanes) is 1. The molecule has 0 saturated heterocycles. The number of aliphatic carboxylic acids is 1. The maximum Gasteiger partial charge on any atom is 0.326 e. The molecule has 0 radical (unpaired) electrons. The summed E-state index contributed by atoms with van der Waals surface area (Å²) in [5.41, 5.74) is 21.1. The number of hydrogen-bond donors (Lipinski definition) is 9. The highest BCUT2D eigenvalue weighted by molar-refractivity contribution is 5.93. The van der Waals surface area contributed by atoms with E-state index in [2.05, 4.69) is 20.9 Å². The first kappa shape index (κ1) is 28.0. The van der Waals surface area contributed by atoms with E-state index < -0.39 is 48.4 Å². The molecule has 0 aliphatic heterocycles. The van der Waals surface area contributed by atoms with E-state index in [0.717, 1.165) is 0 Å². The third-order valence-electron chi connectivity index (χ3n) is 4.16. The maximum absolute atomic E-state index is 12.5. The van der Waals surface area contributed by atoms with Gasteiger partial charge in [0.2, 0.25) is 17.7 Å². The molecule has 14 heteroatoms. The summed E-state index contributed by atoms with van der Waals surface area (Å²) in [5, 5.41) is 25.8. The van der Waals surface area contributed by atoms with Crippen molar-refractivity contribution < 1.29 is 29.4 Å². The van der Waals surface area contributed by atoms with Crippen LogP contribution >= 0.6 is 0 Å². The van der Waals surface area contributed by atoms with Crippen LogP contribution in [0.1, 0.15) is 32.1 Å². The molecule has 14 nitrogen and oxygen atoms in total. The molecule has 3 amide bonds. The van der Waals surface area contributed by atoms with Crippen molar-refractivity contribution in [2.24, 2.45) is 27.9 Å². The van der Waals surface area contributed by atoms with E-state index in [9.17, 15) is 29.4 Å². The van der Waals surface area contributed by atoms with Gasteiger partial charge in [-0.1, -0.05) is 0 Å². The molecule has 0 saturated carbocycles. The number of aliphatic hydroxyl groups is 1. The van der Waals surface area contributed by atoms with Crippen molar-refractivity contribution in [1.82, 2.24) is 16.0 Å². The van der Waals surface area contributed by atoms with Crippen LogP contribution in [0.3, 0.4) is 0 Å². The molecular weight excluding hydrogens is 412 g/mol. The largest absolute Gasteiger partial charge is 0.480 e. The number of carbonyl (C=O) groups excluding carboxylic acids is 3. The smallest absolute Gasteiger partial charge is 0.326 e. The fourth-order valence-corrected chi connectivity index (χ4v) is 2.51. The molecule has 31 heavy (non-hydrogen) atoms. The highest BCUT2D eigenvalue weighted by Crippen LogP contribution is 2.03. The van der Waals surface area contributed by atoms with Crippen molar-refractivity contribution >= 4 is 29.7 Å². The van der Waals surface area contributed by atoms with Gasteiger partial charge < -0.3 is 49.1 Å². The fourth-order valence-electron chi connectivity index (χ4n) is 2.51. The van der Waals surface area contributed by atoms with Crippen LogP contribution in [0.2, 0.25) is 0 Å². The minimum atomic E-state index is -1.42. The van der Waals surface area contributed by atoms with Gasteiger partial charge in [-0.05, 0) is 38.6 Å². The summed E-state index contributed by atoms with van der Waals surface area (Å²) >= 11 is 0. The average molecular weight is 447 g/mol. The summed E-state index contributed by atoms with van der Waals surface area (Å²) in [6.07, 6.45) is 1.70. The highest BCUT2D eigenvalue weighted by atomic mass is 16.4. The van der Waals surface area contributed by atoms with E-state index >= 15 is 0 Å². The number of aliphatic hydroxyl groups excluding tert-OH is 1. The maximum atomic E-state index is 12.5. The van der Waals surface area contributed by atoms with Gasteiger partial charge in [0, 0.05) is 6.54 Å². The Morgan fingerprint density at radius 1 is 0.839 bits per heavy atom. The number of nitrogens with two attached hydrogens (primary N) is 4. The molecule has 0 aromatic rings. The normalized spacial score (nSPS) is 13.4. The van der Waals surface area contributed by atoms with Crippen LogP contribution in [0.25, 0.3) is 0 Å². The zero-order chi connectivity index (χ0) is 23.8. The van der Waals surface area contributed by atoms with Crippen LogP contribution in [0, 0.1) is 0 Å². The Kier molecular flexibility index (Phi) is 14.3. The molecule has 0 spiro atoms. The number of carboxylic acid groups (broad SMARTS) is 1. The van der Waals surface area contributed by atoms with Gasteiger partial charge in [0.15, 0.2) is 5.96 Å². The SMILES string of the molecule is NCCCCC(NC(=O)CN)C(=O)NC(CO)C(=O)NC(CCCN=C(N)N)C(=O)O. The van der Waals surface area contributed by atoms with Crippen molar-refractivity contribution in [2.45, 2.75) is 50.2 Å². The van der Waals surface area contributed by atoms with Gasteiger partial charge in [0.05, 0.1) is 13.2 Å². The first-order valence-electron chi connectivity index (χ1n) is 9.85. The lowest BCUT2D eigenvalue weighted by atomic mass is 10.1. The molecular formula is C17H34N8O6. The summed E-state index contributed by atoms with van der Waals surface area (Å²) in [6, 6.07) is -3.68. The molecule has 0 fully saturated rings. The van der Waals surface area contributed by atoms with Crippen LogP contribution in [-0.4, -0.2) is 84.2 Å². The Bertz CT molecular complexity index is 626. The topological polar surface area (TPSA) is 261 Å². The molecule has 13 N–H and O–H groups in total. The number of carboxylic acids is 1. The van der Waals surface area contributed by atoms with Crippen LogP contribution in [0.5, 0.6) is 0 Å². The molecule has 3 atom stereocenters. The standard InChI is InChI=1S/C17H34N8O6/c18-6-2-1-4-10(23-13(27)8-19)14(28)25-12(9-26)15(29)24-11(16(30)31)5-3-7-22-17(20)21/h10-12,26H,1-9,18-19H2,(H,23,27)(H,24,29)(H,25,28)(H,30,31)(H4,20,21,22). The zero-order valence-corrected chi connectivity index (χ0v) is 17.4. The Labute approximate surface area is 180 Å². The fraction of sp³-hybridized carbons (Fsp3) is 0.706. The van der Waals surface area contributed by atoms with Crippen LogP contribution < -0.4 is 38.9 Å². The third-order valence-corrected chi connectivity index (χ3v) is 4.16. The van der Waals surface area contributed by atoms with Crippen molar-refractivity contribution in [3.63, 3.8) is 0 Å². The molecule has 0 bridgehead atoms. The lowest BCUT2D eigenvalue weighted by Gasteiger charge is -2.23. The highest BCUT2D eigenvalue weighted by Gasteiger charge is 2.28. The van der Waals surface area contributed by atoms with Crippen LogP contribution in [-0.2, 0) is 19.2 Å². The number of carbonyl (C=O) groups is 4. The second-order valence-corrected chi connectivity index (χ2v) is 6.70. The predicted molar refractivity (Wildman–Crippen MR) is 112 cm³/mol. The summed E-state index contributed by atoms with van der Waals surface area (Å²) in [7, 11) is 0. The molecule has 0 aliphatic rings. The lowest BCUT2D eigenvalue weighted by Crippen LogP contribution is -2.57. The Hall–Kier alpha value is -2.97. The lowest BCUT2D eigenvalue weighted by molar-refractivity contribution is -0.142. The Morgan fingerprint density at radius 2 is 1.42 bits per heavy atom. The number of rotatable bonds is 16.